The average Bonchev–Trinajstić information content (AvgIpc) is 3.02. The smallest absolute Gasteiger partial charge is 0.290 e. The van der Waals surface area contributed by atoms with Gasteiger partial charge in [0.05, 0.1) is 11.1 Å². The van der Waals surface area contributed by atoms with Crippen LogP contribution in [0.25, 0.3) is 10.2 Å². The van der Waals surface area contributed by atoms with Gasteiger partial charge in [-0.05, 0) is 18.4 Å². The van der Waals surface area contributed by atoms with E-state index in [2.05, 4.69) is 9.97 Å². The van der Waals surface area contributed by atoms with Crippen molar-refractivity contribution in [1.29, 1.82) is 0 Å². The minimum absolute atomic E-state index is 0.0107. The highest BCUT2D eigenvalue weighted by Gasteiger charge is 2.14. The molecular formula is C12H10N4O3S2. The number of aromatic nitrogens is 3. The average molecular weight is 322 g/mol. The first kappa shape index (κ1) is 13.8. The van der Waals surface area contributed by atoms with Crippen LogP contribution in [0.4, 0.5) is 5.82 Å². The number of nitrogens with two attached hydrogens (primary N) is 1. The van der Waals surface area contributed by atoms with Gasteiger partial charge in [0, 0.05) is 6.07 Å². The van der Waals surface area contributed by atoms with Crippen LogP contribution in [-0.2, 0) is 0 Å². The largest absolute Gasteiger partial charge is 0.383 e. The molecule has 0 aliphatic rings. The summed E-state index contributed by atoms with van der Waals surface area (Å²) in [6.45, 7) is 1.60. The van der Waals surface area contributed by atoms with Crippen molar-refractivity contribution in [3.05, 3.63) is 33.6 Å². The Hall–Kier alpha value is -2.13. The second-order valence-electron chi connectivity index (χ2n) is 4.19. The molecule has 0 saturated carbocycles. The van der Waals surface area contributed by atoms with Crippen LogP contribution >= 0.6 is 23.1 Å². The third-order valence-electron chi connectivity index (χ3n) is 2.65. The van der Waals surface area contributed by atoms with Crippen LogP contribution in [0.3, 0.4) is 0 Å². The van der Waals surface area contributed by atoms with Crippen molar-refractivity contribution in [2.75, 3.05) is 11.5 Å². The van der Waals surface area contributed by atoms with Crippen molar-refractivity contribution in [2.45, 2.75) is 12.1 Å². The van der Waals surface area contributed by atoms with Crippen molar-refractivity contribution < 1.29 is 9.32 Å². The van der Waals surface area contributed by atoms with E-state index in [-0.39, 0.29) is 5.75 Å². The van der Waals surface area contributed by atoms with E-state index in [0.29, 0.717) is 16.7 Å². The zero-order valence-corrected chi connectivity index (χ0v) is 12.5. The number of thiophene rings is 1. The number of carbonyl (C=O) groups excluding carboxylic acids is 1. The van der Waals surface area contributed by atoms with Crippen LogP contribution in [0.5, 0.6) is 0 Å². The van der Waals surface area contributed by atoms with Crippen molar-refractivity contribution in [2.24, 2.45) is 0 Å². The topological polar surface area (TPSA) is 104 Å². The highest BCUT2D eigenvalue weighted by molar-refractivity contribution is 7.99. The Balaban J connectivity index is 1.78. The van der Waals surface area contributed by atoms with Gasteiger partial charge >= 0.3 is 0 Å². The van der Waals surface area contributed by atoms with Gasteiger partial charge in [-0.3, -0.25) is 9.59 Å². The van der Waals surface area contributed by atoms with E-state index in [0.717, 1.165) is 26.7 Å². The minimum Gasteiger partial charge on any atom is -0.383 e. The molecule has 0 saturated heterocycles. The van der Waals surface area contributed by atoms with Gasteiger partial charge in [-0.1, -0.05) is 11.8 Å². The van der Waals surface area contributed by atoms with Gasteiger partial charge in [-0.2, -0.15) is 0 Å². The zero-order chi connectivity index (χ0) is 15.0. The van der Waals surface area contributed by atoms with Gasteiger partial charge in [0.2, 0.25) is 0 Å². The Kier molecular flexibility index (Phi) is 3.52. The lowest BCUT2D eigenvalue weighted by Gasteiger charge is -2.01. The normalized spacial score (nSPS) is 11.1. The summed E-state index contributed by atoms with van der Waals surface area (Å²) >= 11 is 2.56. The second kappa shape index (κ2) is 5.34. The number of nitrogen functional groups attached to an aromatic ring is 1. The molecule has 0 unspecified atom stereocenters. The summed E-state index contributed by atoms with van der Waals surface area (Å²) in [7, 11) is 0. The molecule has 0 radical (unpaired) electrons. The van der Waals surface area contributed by atoms with Gasteiger partial charge in [0.25, 0.3) is 11.5 Å². The first-order chi connectivity index (χ1) is 10.0. The van der Waals surface area contributed by atoms with Crippen LogP contribution in [-0.4, -0.2) is 26.4 Å². The van der Waals surface area contributed by atoms with Gasteiger partial charge in [-0.25, -0.2) is 9.97 Å². The lowest BCUT2D eigenvalue weighted by Crippen LogP contribution is -2.23. The van der Waals surface area contributed by atoms with Crippen LogP contribution in [0, 0.1) is 6.92 Å². The molecule has 3 rings (SSSR count). The highest BCUT2D eigenvalue weighted by Crippen LogP contribution is 2.26. The molecule has 2 N–H and O–H groups in total. The summed E-state index contributed by atoms with van der Waals surface area (Å²) in [5, 5.41) is 3.07. The summed E-state index contributed by atoms with van der Waals surface area (Å²) in [6.07, 6.45) is 0. The molecule has 3 aromatic rings. The monoisotopic (exact) mass is 322 g/mol. The summed E-state index contributed by atoms with van der Waals surface area (Å²) < 4.78 is 5.76. The van der Waals surface area contributed by atoms with Crippen molar-refractivity contribution >= 4 is 45.0 Å². The predicted molar refractivity (Wildman–Crippen MR) is 80.9 cm³/mol. The van der Waals surface area contributed by atoms with Crippen molar-refractivity contribution in [3.8, 4) is 0 Å². The third-order valence-corrected chi connectivity index (χ3v) is 4.29. The highest BCUT2D eigenvalue weighted by atomic mass is 32.2. The fraction of sp³-hybridized carbons (Fsp3) is 0.167. The number of thioether (sulfide) groups is 1. The molecule has 0 aliphatic heterocycles. The Morgan fingerprint density at radius 2 is 2.33 bits per heavy atom. The second-order valence-corrected chi connectivity index (χ2v) is 6.03. The van der Waals surface area contributed by atoms with Crippen molar-refractivity contribution in [3.63, 3.8) is 0 Å². The molecule has 0 fully saturated rings. The van der Waals surface area contributed by atoms with E-state index in [1.54, 1.807) is 6.92 Å². The van der Waals surface area contributed by atoms with Gasteiger partial charge in [-0.15, -0.1) is 16.1 Å². The molecule has 0 aliphatic carbocycles. The van der Waals surface area contributed by atoms with Crippen LogP contribution in [0.2, 0.25) is 0 Å². The standard InChI is InChI=1S/C12H10N4O3S2/c1-6-4-8(17)16(19-6)9(18)5-21-12-14-10(13)7-2-3-20-11(7)15-12/h2-4H,5H2,1H3,(H2,13,14,15). The van der Waals surface area contributed by atoms with Gasteiger partial charge in [0.15, 0.2) is 5.16 Å². The van der Waals surface area contributed by atoms with Crippen LogP contribution in [0.15, 0.2) is 32.0 Å². The summed E-state index contributed by atoms with van der Waals surface area (Å²) in [6, 6.07) is 3.11. The molecule has 0 amide bonds. The fourth-order valence-corrected chi connectivity index (χ4v) is 3.25. The molecule has 108 valence electrons. The Morgan fingerprint density at radius 3 is 3.05 bits per heavy atom. The molecule has 0 spiro atoms. The van der Waals surface area contributed by atoms with Gasteiger partial charge < -0.3 is 10.3 Å². The molecule has 0 aromatic carbocycles. The lowest BCUT2D eigenvalue weighted by molar-refractivity contribution is 0.0813. The quantitative estimate of drug-likeness (QED) is 0.579. The van der Waals surface area contributed by atoms with E-state index >= 15 is 0 Å². The molecular weight excluding hydrogens is 312 g/mol. The summed E-state index contributed by atoms with van der Waals surface area (Å²) in [5.74, 6) is 0.288. The molecule has 9 heteroatoms. The maximum absolute atomic E-state index is 11.9. The number of aryl methyl sites for hydroxylation is 1. The lowest BCUT2D eigenvalue weighted by atomic mass is 10.4. The van der Waals surface area contributed by atoms with E-state index < -0.39 is 11.5 Å². The first-order valence-corrected chi connectivity index (χ1v) is 7.78. The molecule has 3 heterocycles. The number of hydrogen-bond donors (Lipinski definition) is 1. The number of fused-ring (bicyclic) bond motifs is 1. The van der Waals surface area contributed by atoms with E-state index in [9.17, 15) is 9.59 Å². The number of nitrogens with zero attached hydrogens (tertiary/aromatic N) is 3. The maximum atomic E-state index is 11.9. The van der Waals surface area contributed by atoms with Crippen LogP contribution in [0.1, 0.15) is 10.6 Å². The molecule has 21 heavy (non-hydrogen) atoms. The number of hydrogen-bond acceptors (Lipinski definition) is 8. The Bertz CT molecular complexity index is 880. The fourth-order valence-electron chi connectivity index (χ4n) is 1.73. The molecule has 0 atom stereocenters. The van der Waals surface area contributed by atoms with Crippen molar-refractivity contribution in [1.82, 2.24) is 14.7 Å². The molecule has 0 bridgehead atoms. The van der Waals surface area contributed by atoms with E-state index in [4.69, 9.17) is 10.3 Å². The molecule has 7 nitrogen and oxygen atoms in total. The maximum Gasteiger partial charge on any atom is 0.290 e. The zero-order valence-electron chi connectivity index (χ0n) is 10.9. The summed E-state index contributed by atoms with van der Waals surface area (Å²) in [5.41, 5.74) is 5.35. The minimum atomic E-state index is -0.479. The number of carbonyl (C=O) groups is 1. The van der Waals surface area contributed by atoms with Crippen LogP contribution < -0.4 is 11.3 Å². The van der Waals surface area contributed by atoms with E-state index in [1.165, 1.54) is 17.4 Å². The first-order valence-electron chi connectivity index (χ1n) is 5.91. The SMILES string of the molecule is Cc1cc(=O)n(C(=O)CSc2nc(N)c3ccsc3n2)o1. The third kappa shape index (κ3) is 2.69. The number of anilines is 1. The predicted octanol–water partition coefficient (Wildman–Crippen LogP) is 1.77. The van der Waals surface area contributed by atoms with E-state index in [1.807, 2.05) is 11.4 Å². The number of rotatable bonds is 3. The van der Waals surface area contributed by atoms with Gasteiger partial charge in [0.1, 0.15) is 16.4 Å². The summed E-state index contributed by atoms with van der Waals surface area (Å²) in [4.78, 5) is 32.6. The Morgan fingerprint density at radius 1 is 1.52 bits per heavy atom. The molecule has 3 aromatic heterocycles. The Labute approximate surface area is 126 Å².